The summed E-state index contributed by atoms with van der Waals surface area (Å²) < 4.78 is 19.4. The number of halogens is 1. The Morgan fingerprint density at radius 1 is 1.17 bits per heavy atom. The average Bonchev–Trinajstić information content (AvgIpc) is 3.02. The highest BCUT2D eigenvalue weighted by atomic mass is 19.1. The number of aromatic amines is 1. The first-order valence-corrected chi connectivity index (χ1v) is 11.9. The molecular formula is C27H30FN5O2. The van der Waals surface area contributed by atoms with E-state index < -0.39 is 11.7 Å². The van der Waals surface area contributed by atoms with Crippen molar-refractivity contribution in [3.8, 4) is 17.0 Å². The molecule has 1 aliphatic rings. The van der Waals surface area contributed by atoms with Crippen LogP contribution in [0.4, 0.5) is 10.1 Å². The highest BCUT2D eigenvalue weighted by Gasteiger charge is 2.21. The Balaban J connectivity index is 1.58. The number of nitrogens with zero attached hydrogens (tertiary/aromatic N) is 3. The Kier molecular flexibility index (Phi) is 6.06. The number of methoxy groups -OCH3 is 1. The monoisotopic (exact) mass is 475 g/mol. The number of carbonyl (C=O) groups excluding carboxylic acids is 1. The SMILES string of the molecule is COc1ccc(-c2cc(C(N)=O)c3[nH]c4cc(N5CCCC(N(C)C)CC5)ccc4c3n2)cc1F. The zero-order chi connectivity index (χ0) is 24.7. The summed E-state index contributed by atoms with van der Waals surface area (Å²) in [6.45, 7) is 2.00. The van der Waals surface area contributed by atoms with Crippen molar-refractivity contribution in [1.29, 1.82) is 0 Å². The van der Waals surface area contributed by atoms with Gasteiger partial charge in [-0.25, -0.2) is 9.37 Å². The Bertz CT molecular complexity index is 1410. The lowest BCUT2D eigenvalue weighted by atomic mass is 10.1. The minimum atomic E-state index is -0.568. The third kappa shape index (κ3) is 4.30. The quantitative estimate of drug-likeness (QED) is 0.442. The number of amides is 1. The maximum absolute atomic E-state index is 14.4. The molecular weight excluding hydrogens is 445 g/mol. The number of primary amides is 1. The van der Waals surface area contributed by atoms with Crippen molar-refractivity contribution in [1.82, 2.24) is 14.9 Å². The fraction of sp³-hybridized carbons (Fsp3) is 0.333. The Morgan fingerprint density at radius 2 is 2.00 bits per heavy atom. The van der Waals surface area contributed by atoms with E-state index in [1.54, 1.807) is 18.2 Å². The van der Waals surface area contributed by atoms with Crippen LogP contribution in [0.5, 0.6) is 5.75 Å². The molecule has 1 aliphatic heterocycles. The van der Waals surface area contributed by atoms with Gasteiger partial charge in [0, 0.05) is 35.8 Å². The Hall–Kier alpha value is -3.65. The van der Waals surface area contributed by atoms with Crippen LogP contribution >= 0.6 is 0 Å². The van der Waals surface area contributed by atoms with E-state index in [0.717, 1.165) is 42.5 Å². The molecule has 2 aromatic heterocycles. The van der Waals surface area contributed by atoms with Crippen molar-refractivity contribution < 1.29 is 13.9 Å². The van der Waals surface area contributed by atoms with E-state index in [1.807, 2.05) is 6.07 Å². The van der Waals surface area contributed by atoms with Crippen LogP contribution in [0, 0.1) is 5.82 Å². The van der Waals surface area contributed by atoms with E-state index in [4.69, 9.17) is 15.5 Å². The molecule has 35 heavy (non-hydrogen) atoms. The number of nitrogens with two attached hydrogens (primary N) is 1. The maximum atomic E-state index is 14.4. The summed E-state index contributed by atoms with van der Waals surface area (Å²) in [6, 6.07) is 13.1. The second-order valence-electron chi connectivity index (χ2n) is 9.38. The number of hydrogen-bond donors (Lipinski definition) is 2. The molecule has 0 saturated carbocycles. The van der Waals surface area contributed by atoms with Gasteiger partial charge in [0.05, 0.1) is 34.9 Å². The number of carbonyl (C=O) groups is 1. The summed E-state index contributed by atoms with van der Waals surface area (Å²) in [5.41, 5.74) is 10.3. The van der Waals surface area contributed by atoms with Gasteiger partial charge in [0.1, 0.15) is 0 Å². The van der Waals surface area contributed by atoms with Crippen molar-refractivity contribution >= 4 is 33.5 Å². The Labute approximate surface area is 203 Å². The molecule has 5 rings (SSSR count). The van der Waals surface area contributed by atoms with Crippen molar-refractivity contribution in [3.63, 3.8) is 0 Å². The smallest absolute Gasteiger partial charge is 0.250 e. The number of benzene rings is 2. The molecule has 1 saturated heterocycles. The first kappa shape index (κ1) is 23.1. The van der Waals surface area contributed by atoms with Gasteiger partial charge in [-0.05, 0) is 75.8 Å². The van der Waals surface area contributed by atoms with Gasteiger partial charge in [-0.1, -0.05) is 0 Å². The van der Waals surface area contributed by atoms with Crippen molar-refractivity contribution in [2.24, 2.45) is 5.73 Å². The Morgan fingerprint density at radius 3 is 2.71 bits per heavy atom. The second-order valence-corrected chi connectivity index (χ2v) is 9.38. The first-order chi connectivity index (χ1) is 16.9. The molecule has 1 fully saturated rings. The molecule has 182 valence electrons. The summed E-state index contributed by atoms with van der Waals surface area (Å²) in [4.78, 5) is 25.2. The lowest BCUT2D eigenvalue weighted by Crippen LogP contribution is -2.30. The van der Waals surface area contributed by atoms with Crippen LogP contribution in [0.25, 0.3) is 33.2 Å². The van der Waals surface area contributed by atoms with Crippen LogP contribution in [-0.2, 0) is 0 Å². The van der Waals surface area contributed by atoms with Crippen molar-refractivity contribution in [2.45, 2.75) is 25.3 Å². The van der Waals surface area contributed by atoms with Crippen LogP contribution in [0.1, 0.15) is 29.6 Å². The van der Waals surface area contributed by atoms with Crippen LogP contribution in [0.3, 0.4) is 0 Å². The highest BCUT2D eigenvalue weighted by Crippen LogP contribution is 2.33. The largest absolute Gasteiger partial charge is 0.494 e. The number of fused-ring (bicyclic) bond motifs is 3. The summed E-state index contributed by atoms with van der Waals surface area (Å²) in [5.74, 6) is -0.915. The highest BCUT2D eigenvalue weighted by molar-refractivity contribution is 6.14. The van der Waals surface area contributed by atoms with Crippen molar-refractivity contribution in [2.75, 3.05) is 39.2 Å². The predicted octanol–water partition coefficient (Wildman–Crippen LogP) is 4.55. The van der Waals surface area contributed by atoms with Gasteiger partial charge in [0.25, 0.3) is 5.91 Å². The fourth-order valence-corrected chi connectivity index (χ4v) is 5.06. The molecule has 1 atom stereocenters. The second kappa shape index (κ2) is 9.19. The van der Waals surface area contributed by atoms with Crippen LogP contribution in [0.2, 0.25) is 0 Å². The number of nitrogens with one attached hydrogen (secondary N) is 1. The number of H-pyrrole nitrogens is 1. The molecule has 8 heteroatoms. The lowest BCUT2D eigenvalue weighted by Gasteiger charge is -2.24. The summed E-state index contributed by atoms with van der Waals surface area (Å²) >= 11 is 0. The molecule has 3 N–H and O–H groups in total. The van der Waals surface area contributed by atoms with E-state index in [2.05, 4.69) is 41.0 Å². The zero-order valence-corrected chi connectivity index (χ0v) is 20.3. The van der Waals surface area contributed by atoms with Gasteiger partial charge in [-0.2, -0.15) is 0 Å². The molecule has 7 nitrogen and oxygen atoms in total. The van der Waals surface area contributed by atoms with Gasteiger partial charge in [-0.3, -0.25) is 4.79 Å². The number of anilines is 1. The summed E-state index contributed by atoms with van der Waals surface area (Å²) in [7, 11) is 5.71. The van der Waals surface area contributed by atoms with Gasteiger partial charge >= 0.3 is 0 Å². The number of aromatic nitrogens is 2. The minimum Gasteiger partial charge on any atom is -0.494 e. The van der Waals surface area contributed by atoms with E-state index >= 15 is 0 Å². The fourth-order valence-electron chi connectivity index (χ4n) is 5.06. The van der Waals surface area contributed by atoms with Crippen molar-refractivity contribution in [3.05, 3.63) is 53.8 Å². The molecule has 0 radical (unpaired) electrons. The van der Waals surface area contributed by atoms with Crippen LogP contribution < -0.4 is 15.4 Å². The van der Waals surface area contributed by atoms with Gasteiger partial charge in [0.15, 0.2) is 11.6 Å². The number of hydrogen-bond acceptors (Lipinski definition) is 5. The van der Waals surface area contributed by atoms with E-state index in [-0.39, 0.29) is 5.75 Å². The molecule has 1 amide bonds. The van der Waals surface area contributed by atoms with E-state index in [0.29, 0.717) is 33.9 Å². The average molecular weight is 476 g/mol. The van der Waals surface area contributed by atoms with E-state index in [1.165, 1.54) is 19.6 Å². The normalized spacial score (nSPS) is 16.7. The third-order valence-electron chi connectivity index (χ3n) is 7.04. The molecule has 4 aromatic rings. The topological polar surface area (TPSA) is 87.5 Å². The standard InChI is InChI=1S/C27H30FN5O2/c1-32(2)17-5-4-11-33(12-10-17)18-7-8-19-23(14-18)31-26-20(27(29)34)15-22(30-25(19)26)16-6-9-24(35-3)21(28)13-16/h6-9,13-15,17,31H,4-5,10-12H2,1-3H3,(H2,29,34). The van der Waals surface area contributed by atoms with Crippen LogP contribution in [0.15, 0.2) is 42.5 Å². The molecule has 3 heterocycles. The predicted molar refractivity (Wildman–Crippen MR) is 138 cm³/mol. The molecule has 0 aliphatic carbocycles. The number of ether oxygens (including phenoxy) is 1. The first-order valence-electron chi connectivity index (χ1n) is 11.9. The van der Waals surface area contributed by atoms with Gasteiger partial charge < -0.3 is 25.3 Å². The van der Waals surface area contributed by atoms with E-state index in [9.17, 15) is 9.18 Å². The molecule has 1 unspecified atom stereocenters. The van der Waals surface area contributed by atoms with Crippen LogP contribution in [-0.4, -0.2) is 61.1 Å². The minimum absolute atomic E-state index is 0.148. The zero-order valence-electron chi connectivity index (χ0n) is 20.3. The molecule has 0 spiro atoms. The summed E-state index contributed by atoms with van der Waals surface area (Å²) in [5, 5.41) is 0.892. The summed E-state index contributed by atoms with van der Waals surface area (Å²) in [6.07, 6.45) is 3.45. The maximum Gasteiger partial charge on any atom is 0.250 e. The molecule has 2 aromatic carbocycles. The van der Waals surface area contributed by atoms with Gasteiger partial charge in [0.2, 0.25) is 0 Å². The lowest BCUT2D eigenvalue weighted by molar-refractivity contribution is 0.100. The number of pyridine rings is 1. The molecule has 0 bridgehead atoms. The third-order valence-corrected chi connectivity index (χ3v) is 7.04. The van der Waals surface area contributed by atoms with Gasteiger partial charge in [-0.15, -0.1) is 0 Å². The number of rotatable bonds is 5.